The summed E-state index contributed by atoms with van der Waals surface area (Å²) in [5.41, 5.74) is 5.30. The molecule has 2 rings (SSSR count). The molecule has 2 N–H and O–H groups in total. The molecule has 0 bridgehead atoms. The number of nitrogens with zero attached hydrogens (tertiary/aromatic N) is 1. The van der Waals surface area contributed by atoms with Crippen molar-refractivity contribution in [3.63, 3.8) is 0 Å². The normalized spacial score (nSPS) is 11.0. The number of carbonyl (C=O) groups excluding carboxylic acids is 2. The number of benzene rings is 2. The van der Waals surface area contributed by atoms with Crippen LogP contribution in [0.5, 0.6) is 0 Å². The van der Waals surface area contributed by atoms with Gasteiger partial charge in [0.15, 0.2) is 0 Å². The van der Waals surface area contributed by atoms with Gasteiger partial charge < -0.3 is 5.32 Å². The van der Waals surface area contributed by atoms with E-state index in [1.165, 1.54) is 0 Å². The Morgan fingerprint density at radius 1 is 1.00 bits per heavy atom. The largest absolute Gasteiger partial charge is 0.326 e. The summed E-state index contributed by atoms with van der Waals surface area (Å²) in [5.74, 6) is -0.373. The fourth-order valence-electron chi connectivity index (χ4n) is 1.91. The van der Waals surface area contributed by atoms with Gasteiger partial charge in [0.05, 0.1) is 5.71 Å². The lowest BCUT2D eigenvalue weighted by Gasteiger charge is -2.06. The lowest BCUT2D eigenvalue weighted by Crippen LogP contribution is -2.19. The molecule has 0 spiro atoms. The van der Waals surface area contributed by atoms with Crippen molar-refractivity contribution in [3.8, 4) is 0 Å². The number of hydrazone groups is 1. The third kappa shape index (κ3) is 5.03. The summed E-state index contributed by atoms with van der Waals surface area (Å²) < 4.78 is 0.985. The molecule has 0 unspecified atom stereocenters. The summed E-state index contributed by atoms with van der Waals surface area (Å²) in [4.78, 5) is 23.4. The fourth-order valence-corrected chi connectivity index (χ4v) is 2.17. The number of amides is 2. The van der Waals surface area contributed by atoms with Gasteiger partial charge in [-0.05, 0) is 48.9 Å². The van der Waals surface area contributed by atoms with Crippen LogP contribution in [0.1, 0.15) is 36.2 Å². The summed E-state index contributed by atoms with van der Waals surface area (Å²) >= 11 is 3.38. The number of carbonyl (C=O) groups is 2. The molecule has 0 aliphatic heterocycles. The average Bonchev–Trinajstić information content (AvgIpc) is 2.60. The average molecular weight is 388 g/mol. The Kier molecular flexibility index (Phi) is 6.26. The molecule has 0 aliphatic rings. The van der Waals surface area contributed by atoms with Gasteiger partial charge in [0.2, 0.25) is 5.91 Å². The maximum absolute atomic E-state index is 12.1. The zero-order valence-corrected chi connectivity index (χ0v) is 15.1. The molecule has 0 saturated heterocycles. The molecule has 0 aromatic heterocycles. The molecule has 2 aromatic rings. The van der Waals surface area contributed by atoms with Crippen LogP contribution in [0.25, 0.3) is 0 Å². The Labute approximate surface area is 149 Å². The van der Waals surface area contributed by atoms with Crippen LogP contribution in [0.3, 0.4) is 0 Å². The molecule has 0 fully saturated rings. The van der Waals surface area contributed by atoms with Gasteiger partial charge in [0.25, 0.3) is 5.91 Å². The third-order valence-corrected chi connectivity index (χ3v) is 3.87. The van der Waals surface area contributed by atoms with E-state index in [1.807, 2.05) is 31.2 Å². The van der Waals surface area contributed by atoms with Crippen molar-refractivity contribution in [2.75, 3.05) is 5.32 Å². The second-order valence-electron chi connectivity index (χ2n) is 5.12. The molecule has 0 saturated carbocycles. The van der Waals surface area contributed by atoms with Gasteiger partial charge in [-0.2, -0.15) is 5.10 Å². The Balaban J connectivity index is 2.00. The minimum Gasteiger partial charge on any atom is -0.326 e. The van der Waals surface area contributed by atoms with Gasteiger partial charge in [-0.1, -0.05) is 35.0 Å². The van der Waals surface area contributed by atoms with Crippen molar-refractivity contribution >= 4 is 39.1 Å². The van der Waals surface area contributed by atoms with Crippen LogP contribution in [0, 0.1) is 0 Å². The smallest absolute Gasteiger partial charge is 0.271 e. The highest BCUT2D eigenvalue weighted by Gasteiger charge is 2.06. The zero-order valence-electron chi connectivity index (χ0n) is 13.5. The molecule has 2 aromatic carbocycles. The number of anilines is 1. The highest BCUT2D eigenvalue weighted by atomic mass is 79.9. The Morgan fingerprint density at radius 3 is 2.17 bits per heavy atom. The van der Waals surface area contributed by atoms with Crippen molar-refractivity contribution in [1.29, 1.82) is 0 Å². The Morgan fingerprint density at radius 2 is 1.58 bits per heavy atom. The summed E-state index contributed by atoms with van der Waals surface area (Å²) in [5, 5.41) is 6.85. The molecule has 6 heteroatoms. The fraction of sp³-hybridized carbons (Fsp3) is 0.167. The van der Waals surface area contributed by atoms with Gasteiger partial charge in [-0.3, -0.25) is 9.59 Å². The Hall–Kier alpha value is -2.47. The summed E-state index contributed by atoms with van der Waals surface area (Å²) in [6, 6.07) is 14.3. The first-order valence-electron chi connectivity index (χ1n) is 7.50. The molecule has 0 radical (unpaired) electrons. The van der Waals surface area contributed by atoms with Gasteiger partial charge in [0, 0.05) is 22.1 Å². The van der Waals surface area contributed by atoms with E-state index in [9.17, 15) is 9.59 Å². The van der Waals surface area contributed by atoms with E-state index >= 15 is 0 Å². The van der Waals surface area contributed by atoms with Crippen LogP contribution in [-0.2, 0) is 4.79 Å². The molecule has 124 valence electrons. The summed E-state index contributed by atoms with van der Waals surface area (Å²) in [7, 11) is 0. The minimum atomic E-state index is -0.306. The molecule has 2 amide bonds. The number of nitrogens with one attached hydrogen (secondary N) is 2. The van der Waals surface area contributed by atoms with Gasteiger partial charge in [-0.15, -0.1) is 0 Å². The first kappa shape index (κ1) is 17.9. The second-order valence-corrected chi connectivity index (χ2v) is 6.04. The van der Waals surface area contributed by atoms with Gasteiger partial charge >= 0.3 is 0 Å². The van der Waals surface area contributed by atoms with Gasteiger partial charge in [-0.25, -0.2) is 5.43 Å². The first-order chi connectivity index (χ1) is 11.5. The van der Waals surface area contributed by atoms with E-state index in [4.69, 9.17) is 0 Å². The maximum atomic E-state index is 12.1. The topological polar surface area (TPSA) is 70.6 Å². The van der Waals surface area contributed by atoms with Crippen molar-refractivity contribution in [1.82, 2.24) is 5.43 Å². The quantitative estimate of drug-likeness (QED) is 0.602. The molecule has 5 nitrogen and oxygen atoms in total. The van der Waals surface area contributed by atoms with Crippen molar-refractivity contribution < 1.29 is 9.59 Å². The minimum absolute atomic E-state index is 0.0677. The first-order valence-corrected chi connectivity index (χ1v) is 8.29. The standard InChI is InChI=1S/C18H18BrN3O2/c1-3-17(23)20-16-10-6-14(7-11-16)18(24)22-21-12(2)13-4-8-15(19)9-5-13/h4-11H,3H2,1-2H3,(H,20,23)(H,22,24). The van der Waals surface area contributed by atoms with Crippen LogP contribution in [0.4, 0.5) is 5.69 Å². The monoisotopic (exact) mass is 387 g/mol. The van der Waals surface area contributed by atoms with E-state index in [2.05, 4.69) is 31.8 Å². The molecular formula is C18H18BrN3O2. The molecular weight excluding hydrogens is 370 g/mol. The lowest BCUT2D eigenvalue weighted by molar-refractivity contribution is -0.115. The van der Waals surface area contributed by atoms with Crippen molar-refractivity contribution in [3.05, 3.63) is 64.1 Å². The number of halogens is 1. The van der Waals surface area contributed by atoms with E-state index in [1.54, 1.807) is 31.2 Å². The van der Waals surface area contributed by atoms with Crippen LogP contribution < -0.4 is 10.7 Å². The number of rotatable bonds is 5. The highest BCUT2D eigenvalue weighted by Crippen LogP contribution is 2.12. The van der Waals surface area contributed by atoms with E-state index in [0.717, 1.165) is 10.0 Å². The molecule has 0 heterocycles. The molecule has 0 atom stereocenters. The number of hydrogen-bond acceptors (Lipinski definition) is 3. The lowest BCUT2D eigenvalue weighted by atomic mass is 10.1. The Bertz CT molecular complexity index is 753. The molecule has 24 heavy (non-hydrogen) atoms. The van der Waals surface area contributed by atoms with E-state index < -0.39 is 0 Å². The van der Waals surface area contributed by atoms with E-state index in [-0.39, 0.29) is 11.8 Å². The van der Waals surface area contributed by atoms with Crippen molar-refractivity contribution in [2.45, 2.75) is 20.3 Å². The van der Waals surface area contributed by atoms with Crippen LogP contribution in [0.15, 0.2) is 58.1 Å². The number of hydrogen-bond donors (Lipinski definition) is 2. The maximum Gasteiger partial charge on any atom is 0.271 e. The van der Waals surface area contributed by atoms with Crippen molar-refractivity contribution in [2.24, 2.45) is 5.10 Å². The zero-order chi connectivity index (χ0) is 17.5. The summed E-state index contributed by atoms with van der Waals surface area (Å²) in [6.45, 7) is 3.61. The second kappa shape index (κ2) is 8.40. The van der Waals surface area contributed by atoms with Crippen LogP contribution >= 0.6 is 15.9 Å². The van der Waals surface area contributed by atoms with Crippen LogP contribution in [0.2, 0.25) is 0 Å². The predicted octanol–water partition coefficient (Wildman–Crippen LogP) is 3.95. The third-order valence-electron chi connectivity index (χ3n) is 3.34. The molecule has 0 aliphatic carbocycles. The van der Waals surface area contributed by atoms with Crippen LogP contribution in [-0.4, -0.2) is 17.5 Å². The van der Waals surface area contributed by atoms with E-state index in [0.29, 0.717) is 23.4 Å². The highest BCUT2D eigenvalue weighted by molar-refractivity contribution is 9.10. The van der Waals surface area contributed by atoms with Gasteiger partial charge in [0.1, 0.15) is 0 Å². The SMILES string of the molecule is CCC(=O)Nc1ccc(C(=O)NN=C(C)c2ccc(Br)cc2)cc1. The predicted molar refractivity (Wildman–Crippen MR) is 99.2 cm³/mol. The summed E-state index contributed by atoms with van der Waals surface area (Å²) in [6.07, 6.45) is 0.409.